The minimum atomic E-state index is 0.558. The summed E-state index contributed by atoms with van der Waals surface area (Å²) in [6, 6.07) is 9.12. The van der Waals surface area contributed by atoms with Crippen molar-refractivity contribution in [3.63, 3.8) is 0 Å². The molecule has 0 aromatic heterocycles. The molecule has 2 heteroatoms. The van der Waals surface area contributed by atoms with Gasteiger partial charge < -0.3 is 5.32 Å². The molecule has 0 unspecified atom stereocenters. The van der Waals surface area contributed by atoms with Gasteiger partial charge in [0.2, 0.25) is 0 Å². The first-order chi connectivity index (χ1) is 5.68. The molecule has 0 aliphatic rings. The molecule has 1 rings (SSSR count). The van der Waals surface area contributed by atoms with Crippen LogP contribution >= 0.6 is 22.6 Å². The van der Waals surface area contributed by atoms with E-state index >= 15 is 0 Å². The van der Waals surface area contributed by atoms with Crippen LogP contribution in [0, 0.1) is 3.57 Å². The highest BCUT2D eigenvalue weighted by atomic mass is 127. The molecule has 0 saturated carbocycles. The third-order valence-corrected chi connectivity index (χ3v) is 2.27. The molecule has 1 nitrogen and oxygen atoms in total. The lowest BCUT2D eigenvalue weighted by Crippen LogP contribution is -2.21. The van der Waals surface area contributed by atoms with Gasteiger partial charge >= 0.3 is 0 Å². The molecule has 12 heavy (non-hydrogen) atoms. The highest BCUT2D eigenvalue weighted by Gasteiger charge is 1.94. The van der Waals surface area contributed by atoms with Crippen LogP contribution in [0.5, 0.6) is 0 Å². The van der Waals surface area contributed by atoms with Gasteiger partial charge in [0.05, 0.1) is 0 Å². The van der Waals surface area contributed by atoms with E-state index < -0.39 is 0 Å². The van der Waals surface area contributed by atoms with Crippen molar-refractivity contribution >= 4 is 22.6 Å². The molecule has 1 aromatic carbocycles. The van der Waals surface area contributed by atoms with Crippen LogP contribution in [0.4, 0.5) is 0 Å². The van der Waals surface area contributed by atoms with Gasteiger partial charge in [0.15, 0.2) is 0 Å². The maximum atomic E-state index is 3.39. The molecule has 0 fully saturated rings. The smallest absolute Gasteiger partial charge is 0.0208 e. The Morgan fingerprint density at radius 1 is 1.42 bits per heavy atom. The number of halogens is 1. The molecule has 0 amide bonds. The Hall–Kier alpha value is -0.0900. The number of hydrogen-bond acceptors (Lipinski definition) is 1. The summed E-state index contributed by atoms with van der Waals surface area (Å²) in [6.45, 7) is 5.29. The van der Waals surface area contributed by atoms with Crippen LogP contribution in [0.1, 0.15) is 19.4 Å². The van der Waals surface area contributed by atoms with E-state index in [1.54, 1.807) is 0 Å². The van der Waals surface area contributed by atoms with E-state index in [4.69, 9.17) is 0 Å². The van der Waals surface area contributed by atoms with E-state index in [1.807, 2.05) is 0 Å². The summed E-state index contributed by atoms with van der Waals surface area (Å²) in [5.74, 6) is 0. The molecule has 0 atom stereocenters. The normalized spacial score (nSPS) is 10.7. The summed E-state index contributed by atoms with van der Waals surface area (Å²) in [7, 11) is 0. The van der Waals surface area contributed by atoms with Gasteiger partial charge in [-0.25, -0.2) is 0 Å². The third-order valence-electron chi connectivity index (χ3n) is 1.60. The quantitative estimate of drug-likeness (QED) is 0.836. The maximum Gasteiger partial charge on any atom is 0.0208 e. The van der Waals surface area contributed by atoms with Crippen molar-refractivity contribution in [2.45, 2.75) is 26.4 Å². The Morgan fingerprint density at radius 2 is 2.17 bits per heavy atom. The number of nitrogens with one attached hydrogen (secondary N) is 1. The second kappa shape index (κ2) is 4.82. The van der Waals surface area contributed by atoms with Gasteiger partial charge in [-0.1, -0.05) is 26.0 Å². The topological polar surface area (TPSA) is 12.0 Å². The fourth-order valence-corrected chi connectivity index (χ4v) is 1.58. The lowest BCUT2D eigenvalue weighted by Gasteiger charge is -2.07. The molecule has 0 aliphatic heterocycles. The molecular weight excluding hydrogens is 261 g/mol. The monoisotopic (exact) mass is 275 g/mol. The molecule has 1 N–H and O–H groups in total. The predicted molar refractivity (Wildman–Crippen MR) is 61.1 cm³/mol. The van der Waals surface area contributed by atoms with E-state index in [2.05, 4.69) is 66.0 Å². The van der Waals surface area contributed by atoms with Gasteiger partial charge in [0.1, 0.15) is 0 Å². The van der Waals surface area contributed by atoms with Crippen molar-refractivity contribution in [1.29, 1.82) is 0 Å². The van der Waals surface area contributed by atoms with Gasteiger partial charge in [-0.05, 0) is 40.3 Å². The summed E-state index contributed by atoms with van der Waals surface area (Å²) in [4.78, 5) is 0. The second-order valence-corrected chi connectivity index (χ2v) is 4.41. The molecule has 0 heterocycles. The van der Waals surface area contributed by atoms with Crippen molar-refractivity contribution in [2.24, 2.45) is 0 Å². The van der Waals surface area contributed by atoms with Crippen LogP contribution in [0.15, 0.2) is 24.3 Å². The van der Waals surface area contributed by atoms with Gasteiger partial charge in [-0.3, -0.25) is 0 Å². The summed E-state index contributed by atoms with van der Waals surface area (Å²) in [5, 5.41) is 3.39. The van der Waals surface area contributed by atoms with E-state index in [0.29, 0.717) is 6.04 Å². The SMILES string of the molecule is CC(C)NCc1cccc(I)c1. The predicted octanol–water partition coefficient (Wildman–Crippen LogP) is 2.79. The minimum Gasteiger partial charge on any atom is -0.310 e. The van der Waals surface area contributed by atoms with Crippen molar-refractivity contribution < 1.29 is 0 Å². The van der Waals surface area contributed by atoms with E-state index in [0.717, 1.165) is 6.54 Å². The summed E-state index contributed by atoms with van der Waals surface area (Å²) in [5.41, 5.74) is 1.36. The second-order valence-electron chi connectivity index (χ2n) is 3.17. The highest BCUT2D eigenvalue weighted by Crippen LogP contribution is 2.07. The molecule has 0 bridgehead atoms. The fourth-order valence-electron chi connectivity index (χ4n) is 0.969. The van der Waals surface area contributed by atoms with Crippen molar-refractivity contribution in [2.75, 3.05) is 0 Å². The average molecular weight is 275 g/mol. The maximum absolute atomic E-state index is 3.39. The first-order valence-electron chi connectivity index (χ1n) is 4.16. The third kappa shape index (κ3) is 3.54. The van der Waals surface area contributed by atoms with E-state index in [-0.39, 0.29) is 0 Å². The van der Waals surface area contributed by atoms with Crippen LogP contribution in [-0.2, 0) is 6.54 Å². The lowest BCUT2D eigenvalue weighted by atomic mass is 10.2. The van der Waals surface area contributed by atoms with E-state index in [1.165, 1.54) is 9.13 Å². The summed E-state index contributed by atoms with van der Waals surface area (Å²) >= 11 is 2.33. The first kappa shape index (κ1) is 9.99. The van der Waals surface area contributed by atoms with Gasteiger partial charge in [-0.15, -0.1) is 0 Å². The number of rotatable bonds is 3. The van der Waals surface area contributed by atoms with Crippen LogP contribution < -0.4 is 5.32 Å². The van der Waals surface area contributed by atoms with Crippen LogP contribution in [0.2, 0.25) is 0 Å². The van der Waals surface area contributed by atoms with Crippen molar-refractivity contribution in [1.82, 2.24) is 5.32 Å². The Bertz CT molecular complexity index is 245. The standard InChI is InChI=1S/C10H14IN/c1-8(2)12-7-9-4-3-5-10(11)6-9/h3-6,8,12H,7H2,1-2H3. The van der Waals surface area contributed by atoms with Crippen molar-refractivity contribution in [3.8, 4) is 0 Å². The minimum absolute atomic E-state index is 0.558. The van der Waals surface area contributed by atoms with Crippen LogP contribution in [0.3, 0.4) is 0 Å². The van der Waals surface area contributed by atoms with Gasteiger partial charge in [0, 0.05) is 16.2 Å². The zero-order valence-electron chi connectivity index (χ0n) is 7.47. The Labute approximate surface area is 87.7 Å². The number of benzene rings is 1. The molecule has 0 aliphatic carbocycles. The molecule has 0 spiro atoms. The Morgan fingerprint density at radius 3 is 2.75 bits per heavy atom. The van der Waals surface area contributed by atoms with E-state index in [9.17, 15) is 0 Å². The average Bonchev–Trinajstić information content (AvgIpc) is 2.01. The Balaban J connectivity index is 2.52. The highest BCUT2D eigenvalue weighted by molar-refractivity contribution is 14.1. The van der Waals surface area contributed by atoms with Crippen LogP contribution in [-0.4, -0.2) is 6.04 Å². The summed E-state index contributed by atoms with van der Waals surface area (Å²) < 4.78 is 1.30. The first-order valence-corrected chi connectivity index (χ1v) is 5.24. The largest absolute Gasteiger partial charge is 0.310 e. The molecule has 0 saturated heterocycles. The van der Waals surface area contributed by atoms with Crippen LogP contribution in [0.25, 0.3) is 0 Å². The zero-order chi connectivity index (χ0) is 8.97. The summed E-state index contributed by atoms with van der Waals surface area (Å²) in [6.07, 6.45) is 0. The molecule has 66 valence electrons. The molecular formula is C10H14IN. The fraction of sp³-hybridized carbons (Fsp3) is 0.400. The van der Waals surface area contributed by atoms with Gasteiger partial charge in [-0.2, -0.15) is 0 Å². The van der Waals surface area contributed by atoms with Crippen molar-refractivity contribution in [3.05, 3.63) is 33.4 Å². The zero-order valence-corrected chi connectivity index (χ0v) is 9.63. The molecule has 1 aromatic rings. The number of hydrogen-bond donors (Lipinski definition) is 1. The van der Waals surface area contributed by atoms with Gasteiger partial charge in [0.25, 0.3) is 0 Å². The molecule has 0 radical (unpaired) electrons. The lowest BCUT2D eigenvalue weighted by molar-refractivity contribution is 0.589. The Kier molecular flexibility index (Phi) is 4.01.